The van der Waals surface area contributed by atoms with Gasteiger partial charge in [-0.2, -0.15) is 0 Å². The van der Waals surface area contributed by atoms with Crippen LogP contribution >= 0.6 is 11.6 Å². The highest BCUT2D eigenvalue weighted by atomic mass is 35.5. The van der Waals surface area contributed by atoms with Crippen LogP contribution in [-0.2, 0) is 6.61 Å². The summed E-state index contributed by atoms with van der Waals surface area (Å²) in [4.78, 5) is 16.9. The molecule has 0 saturated heterocycles. The molecule has 1 amide bonds. The first-order chi connectivity index (χ1) is 12.8. The number of aliphatic hydroxyl groups excluding tert-OH is 1. The third kappa shape index (κ3) is 4.56. The minimum atomic E-state index is -0.348. The molecule has 0 saturated carbocycles. The van der Waals surface area contributed by atoms with Crippen molar-refractivity contribution in [1.82, 2.24) is 14.9 Å². The quantitative estimate of drug-likeness (QED) is 0.709. The monoisotopic (exact) mass is 383 g/mol. The number of nitrogens with one attached hydrogen (secondary N) is 1. The molecular formula is C21H22ClN3O2. The number of carbonyl (C=O) groups excluding carboxylic acids is 1. The van der Waals surface area contributed by atoms with Gasteiger partial charge in [-0.15, -0.1) is 0 Å². The highest BCUT2D eigenvalue weighted by Gasteiger charge is 2.17. The fraction of sp³-hybridized carbons (Fsp3) is 0.238. The molecule has 140 valence electrons. The Morgan fingerprint density at radius 2 is 1.85 bits per heavy atom. The van der Waals surface area contributed by atoms with Crippen molar-refractivity contribution >= 4 is 17.5 Å². The molecule has 2 aromatic carbocycles. The van der Waals surface area contributed by atoms with Crippen molar-refractivity contribution < 1.29 is 9.90 Å². The normalized spacial score (nSPS) is 11.4. The summed E-state index contributed by atoms with van der Waals surface area (Å²) in [5, 5.41) is 13.2. The van der Waals surface area contributed by atoms with Crippen LogP contribution < -0.4 is 5.32 Å². The van der Waals surface area contributed by atoms with Crippen molar-refractivity contribution in [1.29, 1.82) is 0 Å². The van der Waals surface area contributed by atoms with E-state index in [0.717, 1.165) is 16.8 Å². The van der Waals surface area contributed by atoms with Gasteiger partial charge in [-0.3, -0.25) is 4.79 Å². The van der Waals surface area contributed by atoms with Gasteiger partial charge in [0.05, 0.1) is 0 Å². The lowest BCUT2D eigenvalue weighted by molar-refractivity contribution is 0.0919. The minimum absolute atomic E-state index is 0.162. The van der Waals surface area contributed by atoms with E-state index in [1.807, 2.05) is 57.2 Å². The SMILES string of the molecule is CC(C)(C)NC(=O)c1cc(-c2ccc(Cl)cc2)cc(-n2ccnc2CO)c1. The summed E-state index contributed by atoms with van der Waals surface area (Å²) in [7, 11) is 0. The number of aliphatic hydroxyl groups is 1. The smallest absolute Gasteiger partial charge is 0.251 e. The second kappa shape index (κ2) is 7.55. The molecule has 0 spiro atoms. The van der Waals surface area contributed by atoms with Gasteiger partial charge in [-0.05, 0) is 62.2 Å². The topological polar surface area (TPSA) is 67.2 Å². The Morgan fingerprint density at radius 3 is 2.48 bits per heavy atom. The number of aromatic nitrogens is 2. The first-order valence-electron chi connectivity index (χ1n) is 8.64. The first kappa shape index (κ1) is 19.1. The Morgan fingerprint density at radius 1 is 1.15 bits per heavy atom. The van der Waals surface area contributed by atoms with Gasteiger partial charge in [-0.25, -0.2) is 4.98 Å². The number of hydrogen-bond donors (Lipinski definition) is 2. The molecular weight excluding hydrogens is 362 g/mol. The second-order valence-electron chi connectivity index (χ2n) is 7.35. The third-order valence-electron chi connectivity index (χ3n) is 3.98. The van der Waals surface area contributed by atoms with Gasteiger partial charge in [0.1, 0.15) is 12.4 Å². The molecule has 1 heterocycles. The molecule has 0 atom stereocenters. The molecule has 0 bridgehead atoms. The van der Waals surface area contributed by atoms with E-state index < -0.39 is 0 Å². The van der Waals surface area contributed by atoms with E-state index in [-0.39, 0.29) is 18.1 Å². The number of imidazole rings is 1. The molecule has 3 rings (SSSR count). The summed E-state index contributed by atoms with van der Waals surface area (Å²) >= 11 is 6.00. The van der Waals surface area contributed by atoms with Crippen LogP contribution in [0.15, 0.2) is 54.9 Å². The fourth-order valence-corrected chi connectivity index (χ4v) is 2.92. The number of amides is 1. The standard InChI is InChI=1S/C21H22ClN3O2/c1-21(2,3)24-20(27)16-10-15(14-4-6-17(22)7-5-14)11-18(12-16)25-9-8-23-19(25)13-26/h4-12,26H,13H2,1-3H3,(H,24,27). The summed E-state index contributed by atoms with van der Waals surface area (Å²) in [6.45, 7) is 5.62. The van der Waals surface area contributed by atoms with Crippen molar-refractivity contribution in [2.45, 2.75) is 32.9 Å². The van der Waals surface area contributed by atoms with Gasteiger partial charge in [0.2, 0.25) is 0 Å². The molecule has 0 unspecified atom stereocenters. The van der Waals surface area contributed by atoms with Crippen molar-refractivity contribution in [2.75, 3.05) is 0 Å². The van der Waals surface area contributed by atoms with Crippen LogP contribution in [0, 0.1) is 0 Å². The number of rotatable bonds is 4. The van der Waals surface area contributed by atoms with Gasteiger partial charge in [0.25, 0.3) is 5.91 Å². The van der Waals surface area contributed by atoms with Gasteiger partial charge >= 0.3 is 0 Å². The van der Waals surface area contributed by atoms with E-state index in [0.29, 0.717) is 16.4 Å². The third-order valence-corrected chi connectivity index (χ3v) is 4.23. The van der Waals surface area contributed by atoms with E-state index in [9.17, 15) is 9.90 Å². The van der Waals surface area contributed by atoms with Crippen LogP contribution in [-0.4, -0.2) is 26.1 Å². The molecule has 27 heavy (non-hydrogen) atoms. The molecule has 0 aliphatic carbocycles. The zero-order valence-corrected chi connectivity index (χ0v) is 16.3. The Kier molecular flexibility index (Phi) is 5.35. The van der Waals surface area contributed by atoms with Crippen molar-refractivity contribution in [2.24, 2.45) is 0 Å². The lowest BCUT2D eigenvalue weighted by Crippen LogP contribution is -2.40. The molecule has 0 aliphatic heterocycles. The Hall–Kier alpha value is -2.63. The van der Waals surface area contributed by atoms with E-state index in [2.05, 4.69) is 10.3 Å². The van der Waals surface area contributed by atoms with E-state index in [4.69, 9.17) is 11.6 Å². The Labute approximate surface area is 163 Å². The van der Waals surface area contributed by atoms with E-state index >= 15 is 0 Å². The maximum atomic E-state index is 12.8. The van der Waals surface area contributed by atoms with Gasteiger partial charge < -0.3 is 15.0 Å². The highest BCUT2D eigenvalue weighted by molar-refractivity contribution is 6.30. The second-order valence-corrected chi connectivity index (χ2v) is 7.79. The summed E-state index contributed by atoms with van der Waals surface area (Å²) in [5.41, 5.74) is 2.75. The fourth-order valence-electron chi connectivity index (χ4n) is 2.79. The van der Waals surface area contributed by atoms with Gasteiger partial charge in [-0.1, -0.05) is 23.7 Å². The van der Waals surface area contributed by atoms with E-state index in [1.54, 1.807) is 23.0 Å². The summed E-state index contributed by atoms with van der Waals surface area (Å²) in [5.74, 6) is 0.343. The molecule has 5 nitrogen and oxygen atoms in total. The first-order valence-corrected chi connectivity index (χ1v) is 9.01. The maximum absolute atomic E-state index is 12.8. The average Bonchev–Trinajstić information content (AvgIpc) is 3.09. The van der Waals surface area contributed by atoms with Crippen LogP contribution in [0.2, 0.25) is 5.02 Å². The van der Waals surface area contributed by atoms with Crippen LogP contribution in [0.1, 0.15) is 37.0 Å². The largest absolute Gasteiger partial charge is 0.388 e. The lowest BCUT2D eigenvalue weighted by Gasteiger charge is -2.21. The number of benzene rings is 2. The predicted octanol–water partition coefficient (Wildman–Crippen LogP) is 4.21. The number of hydrogen-bond acceptors (Lipinski definition) is 3. The molecule has 6 heteroatoms. The summed E-state index contributed by atoms with van der Waals surface area (Å²) in [6.07, 6.45) is 3.38. The molecule has 0 fully saturated rings. The van der Waals surface area contributed by atoms with Crippen LogP contribution in [0.25, 0.3) is 16.8 Å². The Bertz CT molecular complexity index is 956. The van der Waals surface area contributed by atoms with Crippen molar-refractivity contribution in [3.8, 4) is 16.8 Å². The van der Waals surface area contributed by atoms with Crippen molar-refractivity contribution in [3.05, 3.63) is 71.3 Å². The summed E-state index contributed by atoms with van der Waals surface area (Å²) < 4.78 is 1.77. The zero-order chi connectivity index (χ0) is 19.6. The molecule has 3 aromatic rings. The van der Waals surface area contributed by atoms with Crippen LogP contribution in [0.5, 0.6) is 0 Å². The average molecular weight is 384 g/mol. The maximum Gasteiger partial charge on any atom is 0.251 e. The van der Waals surface area contributed by atoms with Crippen molar-refractivity contribution in [3.63, 3.8) is 0 Å². The molecule has 1 aromatic heterocycles. The van der Waals surface area contributed by atoms with Gasteiger partial charge in [0, 0.05) is 34.2 Å². The number of halogens is 1. The predicted molar refractivity (Wildman–Crippen MR) is 107 cm³/mol. The molecule has 2 N–H and O–H groups in total. The zero-order valence-electron chi connectivity index (χ0n) is 15.5. The highest BCUT2D eigenvalue weighted by Crippen LogP contribution is 2.26. The van der Waals surface area contributed by atoms with E-state index in [1.165, 1.54) is 0 Å². The minimum Gasteiger partial charge on any atom is -0.388 e. The van der Waals surface area contributed by atoms with Crippen LogP contribution in [0.4, 0.5) is 0 Å². The number of carbonyl (C=O) groups is 1. The van der Waals surface area contributed by atoms with Crippen LogP contribution in [0.3, 0.4) is 0 Å². The molecule has 0 radical (unpaired) electrons. The lowest BCUT2D eigenvalue weighted by atomic mass is 10.0. The van der Waals surface area contributed by atoms with Gasteiger partial charge in [0.15, 0.2) is 0 Å². The molecule has 0 aliphatic rings. The summed E-state index contributed by atoms with van der Waals surface area (Å²) in [6, 6.07) is 13.0. The number of nitrogens with zero attached hydrogens (tertiary/aromatic N) is 2. The Balaban J connectivity index is 2.13.